The van der Waals surface area contributed by atoms with Gasteiger partial charge < -0.3 is 15.4 Å². The Balaban J connectivity index is 1.73. The molecule has 5 heteroatoms. The van der Waals surface area contributed by atoms with Crippen molar-refractivity contribution >= 4 is 5.91 Å². The SMILES string of the molecule is Cc1cc(C)c([C@H](C)NC(=O)CNCCOc2ccccc2F)cc1C. The molecule has 2 rings (SSSR count). The van der Waals surface area contributed by atoms with E-state index in [4.69, 9.17) is 4.74 Å². The quantitative estimate of drug-likeness (QED) is 0.709. The molecule has 0 aliphatic carbocycles. The number of carbonyl (C=O) groups is 1. The third kappa shape index (κ3) is 5.56. The lowest BCUT2D eigenvalue weighted by Gasteiger charge is -2.18. The average molecular weight is 358 g/mol. The Labute approximate surface area is 154 Å². The topological polar surface area (TPSA) is 50.4 Å². The molecule has 26 heavy (non-hydrogen) atoms. The van der Waals surface area contributed by atoms with Crippen LogP contribution in [0.3, 0.4) is 0 Å². The first-order valence-electron chi connectivity index (χ1n) is 8.83. The summed E-state index contributed by atoms with van der Waals surface area (Å²) in [6, 6.07) is 10.5. The van der Waals surface area contributed by atoms with E-state index in [1.807, 2.05) is 6.92 Å². The smallest absolute Gasteiger partial charge is 0.234 e. The Morgan fingerprint density at radius 1 is 1.12 bits per heavy atom. The van der Waals surface area contributed by atoms with Crippen molar-refractivity contribution in [2.45, 2.75) is 33.7 Å². The van der Waals surface area contributed by atoms with Crippen LogP contribution in [0.25, 0.3) is 0 Å². The predicted octanol–water partition coefficient (Wildman–Crippen LogP) is 3.60. The van der Waals surface area contributed by atoms with E-state index in [-0.39, 0.29) is 30.1 Å². The molecular formula is C21H27FN2O2. The van der Waals surface area contributed by atoms with Gasteiger partial charge in [-0.1, -0.05) is 24.3 Å². The van der Waals surface area contributed by atoms with E-state index in [1.54, 1.807) is 18.2 Å². The molecule has 0 spiro atoms. The molecule has 0 unspecified atom stereocenters. The highest BCUT2D eigenvalue weighted by Crippen LogP contribution is 2.21. The van der Waals surface area contributed by atoms with Crippen LogP contribution in [0.1, 0.15) is 35.2 Å². The third-order valence-electron chi connectivity index (χ3n) is 4.38. The van der Waals surface area contributed by atoms with E-state index in [0.717, 1.165) is 5.56 Å². The minimum atomic E-state index is -0.386. The van der Waals surface area contributed by atoms with Crippen LogP contribution in [0.15, 0.2) is 36.4 Å². The van der Waals surface area contributed by atoms with Gasteiger partial charge in [-0.15, -0.1) is 0 Å². The van der Waals surface area contributed by atoms with Gasteiger partial charge in [-0.05, 0) is 62.1 Å². The average Bonchev–Trinajstić information content (AvgIpc) is 2.59. The molecule has 0 saturated heterocycles. The molecule has 0 fully saturated rings. The maximum atomic E-state index is 13.4. The fourth-order valence-corrected chi connectivity index (χ4v) is 2.82. The molecule has 0 radical (unpaired) electrons. The minimum Gasteiger partial charge on any atom is -0.489 e. The number of nitrogens with one attached hydrogen (secondary N) is 2. The summed E-state index contributed by atoms with van der Waals surface area (Å²) in [7, 11) is 0. The Kier molecular flexibility index (Phi) is 7.16. The molecule has 0 aromatic heterocycles. The lowest BCUT2D eigenvalue weighted by atomic mass is 9.96. The largest absolute Gasteiger partial charge is 0.489 e. The van der Waals surface area contributed by atoms with Crippen molar-refractivity contribution in [1.82, 2.24) is 10.6 Å². The predicted molar refractivity (Wildman–Crippen MR) is 102 cm³/mol. The maximum absolute atomic E-state index is 13.4. The molecule has 0 saturated carbocycles. The van der Waals surface area contributed by atoms with Crippen LogP contribution >= 0.6 is 0 Å². The van der Waals surface area contributed by atoms with Gasteiger partial charge in [0.15, 0.2) is 11.6 Å². The van der Waals surface area contributed by atoms with E-state index in [0.29, 0.717) is 13.2 Å². The number of carbonyl (C=O) groups excluding carboxylic acids is 1. The highest BCUT2D eigenvalue weighted by molar-refractivity contribution is 5.78. The molecule has 140 valence electrons. The molecule has 0 heterocycles. The maximum Gasteiger partial charge on any atom is 0.234 e. The van der Waals surface area contributed by atoms with Crippen molar-refractivity contribution in [2.75, 3.05) is 19.7 Å². The van der Waals surface area contributed by atoms with E-state index >= 15 is 0 Å². The standard InChI is InChI=1S/C21H27FN2O2/c1-14-11-16(3)18(12-15(14)2)17(4)24-21(25)13-23-9-10-26-20-8-6-5-7-19(20)22/h5-8,11-12,17,23H,9-10,13H2,1-4H3,(H,24,25)/t17-/m0/s1. The Morgan fingerprint density at radius 3 is 2.54 bits per heavy atom. The molecule has 1 atom stereocenters. The van der Waals surface area contributed by atoms with Gasteiger partial charge in [-0.25, -0.2) is 4.39 Å². The van der Waals surface area contributed by atoms with Crippen LogP contribution in [0.5, 0.6) is 5.75 Å². The molecular weight excluding hydrogens is 331 g/mol. The first kappa shape index (κ1) is 19.9. The number of amides is 1. The lowest BCUT2D eigenvalue weighted by Crippen LogP contribution is -2.37. The van der Waals surface area contributed by atoms with Gasteiger partial charge in [-0.2, -0.15) is 0 Å². The van der Waals surface area contributed by atoms with Crippen LogP contribution < -0.4 is 15.4 Å². The zero-order valence-electron chi connectivity index (χ0n) is 15.9. The summed E-state index contributed by atoms with van der Waals surface area (Å²) >= 11 is 0. The van der Waals surface area contributed by atoms with Gasteiger partial charge in [0, 0.05) is 6.54 Å². The van der Waals surface area contributed by atoms with E-state index in [9.17, 15) is 9.18 Å². The first-order valence-corrected chi connectivity index (χ1v) is 8.83. The molecule has 2 aromatic rings. The second-order valence-electron chi connectivity index (χ2n) is 6.54. The summed E-state index contributed by atoms with van der Waals surface area (Å²) in [5.41, 5.74) is 4.77. The Bertz CT molecular complexity index is 762. The molecule has 0 aliphatic rings. The van der Waals surface area contributed by atoms with Crippen molar-refractivity contribution in [3.05, 3.63) is 64.5 Å². The number of halogens is 1. The van der Waals surface area contributed by atoms with E-state index in [1.165, 1.54) is 22.8 Å². The lowest BCUT2D eigenvalue weighted by molar-refractivity contribution is -0.120. The molecule has 2 N–H and O–H groups in total. The number of benzene rings is 2. The van der Waals surface area contributed by atoms with Crippen LogP contribution in [0.4, 0.5) is 4.39 Å². The van der Waals surface area contributed by atoms with Crippen LogP contribution in [0.2, 0.25) is 0 Å². The van der Waals surface area contributed by atoms with E-state index in [2.05, 4.69) is 43.5 Å². The summed E-state index contributed by atoms with van der Waals surface area (Å²) in [5.74, 6) is -0.249. The van der Waals surface area contributed by atoms with Gasteiger partial charge in [0.1, 0.15) is 6.61 Å². The van der Waals surface area contributed by atoms with Gasteiger partial charge in [0.05, 0.1) is 12.6 Å². The Hall–Kier alpha value is -2.40. The third-order valence-corrected chi connectivity index (χ3v) is 4.38. The summed E-state index contributed by atoms with van der Waals surface area (Å²) < 4.78 is 18.7. The first-order chi connectivity index (χ1) is 12.4. The Morgan fingerprint density at radius 2 is 1.81 bits per heavy atom. The second-order valence-corrected chi connectivity index (χ2v) is 6.54. The molecule has 0 bridgehead atoms. The van der Waals surface area contributed by atoms with Gasteiger partial charge in [0.25, 0.3) is 0 Å². The number of hydrogen-bond donors (Lipinski definition) is 2. The summed E-state index contributed by atoms with van der Waals surface area (Å²) in [5, 5.41) is 6.01. The second kappa shape index (κ2) is 9.34. The highest BCUT2D eigenvalue weighted by atomic mass is 19.1. The summed E-state index contributed by atoms with van der Waals surface area (Å²) in [6.45, 7) is 9.14. The van der Waals surface area contributed by atoms with Crippen molar-refractivity contribution < 1.29 is 13.9 Å². The van der Waals surface area contributed by atoms with Gasteiger partial charge >= 0.3 is 0 Å². The fraction of sp³-hybridized carbons (Fsp3) is 0.381. The van der Waals surface area contributed by atoms with Crippen molar-refractivity contribution in [3.63, 3.8) is 0 Å². The number of aryl methyl sites for hydroxylation is 3. The van der Waals surface area contributed by atoms with Crippen LogP contribution in [0, 0.1) is 26.6 Å². The van der Waals surface area contributed by atoms with Gasteiger partial charge in [0.2, 0.25) is 5.91 Å². The molecule has 0 aliphatic heterocycles. The minimum absolute atomic E-state index is 0.0572. The van der Waals surface area contributed by atoms with Crippen LogP contribution in [-0.4, -0.2) is 25.6 Å². The van der Waals surface area contributed by atoms with Crippen LogP contribution in [-0.2, 0) is 4.79 Å². The number of hydrogen-bond acceptors (Lipinski definition) is 3. The molecule has 4 nitrogen and oxygen atoms in total. The van der Waals surface area contributed by atoms with Crippen molar-refractivity contribution in [2.24, 2.45) is 0 Å². The summed E-state index contributed by atoms with van der Waals surface area (Å²) in [6.07, 6.45) is 0. The monoisotopic (exact) mass is 358 g/mol. The number of ether oxygens (including phenoxy) is 1. The fourth-order valence-electron chi connectivity index (χ4n) is 2.82. The molecule has 2 aromatic carbocycles. The normalized spacial score (nSPS) is 11.9. The molecule has 1 amide bonds. The summed E-state index contributed by atoms with van der Waals surface area (Å²) in [4.78, 5) is 12.1. The van der Waals surface area contributed by atoms with Crippen molar-refractivity contribution in [3.8, 4) is 5.75 Å². The highest BCUT2D eigenvalue weighted by Gasteiger charge is 2.12. The number of para-hydroxylation sites is 1. The van der Waals surface area contributed by atoms with Gasteiger partial charge in [-0.3, -0.25) is 4.79 Å². The number of rotatable bonds is 8. The zero-order chi connectivity index (χ0) is 19.1. The van der Waals surface area contributed by atoms with Crippen molar-refractivity contribution in [1.29, 1.82) is 0 Å². The zero-order valence-corrected chi connectivity index (χ0v) is 15.9. The van der Waals surface area contributed by atoms with E-state index < -0.39 is 0 Å².